The Morgan fingerprint density at radius 2 is 2.31 bits per heavy atom. The minimum absolute atomic E-state index is 0.573. The lowest BCUT2D eigenvalue weighted by atomic mass is 10.2. The Kier molecular flexibility index (Phi) is 3.20. The molecule has 0 fully saturated rings. The van der Waals surface area contributed by atoms with Crippen LogP contribution in [0, 0.1) is 0 Å². The third kappa shape index (κ3) is 2.15. The summed E-state index contributed by atoms with van der Waals surface area (Å²) in [6.07, 6.45) is 8.50. The van der Waals surface area contributed by atoms with E-state index in [1.165, 1.54) is 0 Å². The molecule has 1 rings (SSSR count). The Morgan fingerprint density at radius 1 is 1.54 bits per heavy atom. The zero-order chi connectivity index (χ0) is 9.68. The molecule has 0 spiro atoms. The number of nitrogens with zero attached hydrogens (tertiary/aromatic N) is 1. The van der Waals surface area contributed by atoms with Gasteiger partial charge in [0.05, 0.1) is 5.70 Å². The van der Waals surface area contributed by atoms with Gasteiger partial charge in [0.15, 0.2) is 12.6 Å². The molecule has 1 aliphatic heterocycles. The monoisotopic (exact) mass is 177 g/mol. The molecule has 0 N–H and O–H groups in total. The fourth-order valence-corrected chi connectivity index (χ4v) is 1.13. The molecule has 3 nitrogen and oxygen atoms in total. The molecule has 0 saturated heterocycles. The van der Waals surface area contributed by atoms with Gasteiger partial charge >= 0.3 is 0 Å². The number of aldehydes is 2. The highest BCUT2D eigenvalue weighted by Gasteiger charge is 2.07. The van der Waals surface area contributed by atoms with E-state index in [0.29, 0.717) is 17.8 Å². The molecule has 3 heteroatoms. The van der Waals surface area contributed by atoms with Crippen molar-refractivity contribution in [2.24, 2.45) is 0 Å². The average Bonchev–Trinajstić information content (AvgIpc) is 2.20. The van der Waals surface area contributed by atoms with E-state index in [2.05, 4.69) is 0 Å². The Balaban J connectivity index is 2.85. The van der Waals surface area contributed by atoms with Crippen molar-refractivity contribution in [1.82, 2.24) is 4.90 Å². The highest BCUT2D eigenvalue weighted by Crippen LogP contribution is 2.10. The van der Waals surface area contributed by atoms with Gasteiger partial charge in [-0.15, -0.1) is 0 Å². The molecule has 13 heavy (non-hydrogen) atoms. The molecule has 0 bridgehead atoms. The van der Waals surface area contributed by atoms with Crippen LogP contribution in [-0.2, 0) is 9.59 Å². The minimum atomic E-state index is 0.573. The van der Waals surface area contributed by atoms with Gasteiger partial charge in [-0.25, -0.2) is 0 Å². The maximum absolute atomic E-state index is 10.6. The molecule has 0 amide bonds. The average molecular weight is 177 g/mol. The van der Waals surface area contributed by atoms with Gasteiger partial charge < -0.3 is 4.90 Å². The van der Waals surface area contributed by atoms with Crippen LogP contribution in [0.1, 0.15) is 6.92 Å². The second-order valence-corrected chi connectivity index (χ2v) is 2.63. The summed E-state index contributed by atoms with van der Waals surface area (Å²) in [4.78, 5) is 22.8. The van der Waals surface area contributed by atoms with Crippen LogP contribution < -0.4 is 0 Å². The van der Waals surface area contributed by atoms with Crippen LogP contribution in [-0.4, -0.2) is 24.0 Å². The lowest BCUT2D eigenvalue weighted by Crippen LogP contribution is -2.20. The molecular weight excluding hydrogens is 166 g/mol. The molecular formula is C10H11NO2. The van der Waals surface area contributed by atoms with Gasteiger partial charge in [-0.3, -0.25) is 9.59 Å². The molecule has 0 aromatic carbocycles. The highest BCUT2D eigenvalue weighted by atomic mass is 16.1. The molecule has 1 heterocycles. The third-order valence-electron chi connectivity index (χ3n) is 1.80. The van der Waals surface area contributed by atoms with Gasteiger partial charge in [0, 0.05) is 18.3 Å². The highest BCUT2D eigenvalue weighted by molar-refractivity contribution is 5.79. The van der Waals surface area contributed by atoms with Gasteiger partial charge in [0.25, 0.3) is 0 Å². The zero-order valence-corrected chi connectivity index (χ0v) is 7.43. The summed E-state index contributed by atoms with van der Waals surface area (Å²) in [6.45, 7) is 2.42. The second kappa shape index (κ2) is 4.40. The Morgan fingerprint density at radius 3 is 2.85 bits per heavy atom. The maximum Gasteiger partial charge on any atom is 0.166 e. The smallest absolute Gasteiger partial charge is 0.166 e. The Hall–Kier alpha value is -1.64. The van der Waals surface area contributed by atoms with Crippen molar-refractivity contribution in [1.29, 1.82) is 0 Å². The van der Waals surface area contributed by atoms with Gasteiger partial charge in [-0.1, -0.05) is 18.2 Å². The SMILES string of the molecule is C/C=C(/C=O)N1C=C(C=O)C=CC1. The van der Waals surface area contributed by atoms with Crippen molar-refractivity contribution in [2.45, 2.75) is 6.92 Å². The number of carbonyl (C=O) groups excluding carboxylic acids is 2. The van der Waals surface area contributed by atoms with Crippen LogP contribution in [0.25, 0.3) is 0 Å². The van der Waals surface area contributed by atoms with Crippen LogP contribution in [0.4, 0.5) is 0 Å². The first kappa shape index (κ1) is 9.45. The number of carbonyl (C=O) groups is 2. The minimum Gasteiger partial charge on any atom is -0.341 e. The van der Waals surface area contributed by atoms with E-state index in [4.69, 9.17) is 0 Å². The molecule has 0 atom stereocenters. The second-order valence-electron chi connectivity index (χ2n) is 2.63. The maximum atomic E-state index is 10.6. The summed E-state index contributed by atoms with van der Waals surface area (Å²) in [5.74, 6) is 0. The van der Waals surface area contributed by atoms with Crippen LogP contribution in [0.2, 0.25) is 0 Å². The topological polar surface area (TPSA) is 37.4 Å². The predicted molar refractivity (Wildman–Crippen MR) is 49.8 cm³/mol. The predicted octanol–water partition coefficient (Wildman–Crippen LogP) is 1.04. The van der Waals surface area contributed by atoms with Crippen molar-refractivity contribution in [3.63, 3.8) is 0 Å². The molecule has 0 saturated carbocycles. The van der Waals surface area contributed by atoms with Crippen LogP contribution in [0.3, 0.4) is 0 Å². The number of hydrogen-bond acceptors (Lipinski definition) is 3. The number of rotatable bonds is 3. The lowest BCUT2D eigenvalue weighted by Gasteiger charge is -2.21. The van der Waals surface area contributed by atoms with Crippen molar-refractivity contribution in [2.75, 3.05) is 6.54 Å². The van der Waals surface area contributed by atoms with E-state index in [1.807, 2.05) is 6.08 Å². The first-order valence-corrected chi connectivity index (χ1v) is 4.03. The molecule has 1 aliphatic rings. The number of allylic oxidation sites excluding steroid dienone is 4. The lowest BCUT2D eigenvalue weighted by molar-refractivity contribution is -0.106. The third-order valence-corrected chi connectivity index (χ3v) is 1.80. The van der Waals surface area contributed by atoms with E-state index in [9.17, 15) is 9.59 Å². The summed E-state index contributed by atoms with van der Waals surface area (Å²) in [5, 5.41) is 0. The fourth-order valence-electron chi connectivity index (χ4n) is 1.13. The molecule has 0 radical (unpaired) electrons. The van der Waals surface area contributed by atoms with Crippen molar-refractivity contribution >= 4 is 12.6 Å². The summed E-state index contributed by atoms with van der Waals surface area (Å²) < 4.78 is 0. The summed E-state index contributed by atoms with van der Waals surface area (Å²) in [5.41, 5.74) is 1.15. The van der Waals surface area contributed by atoms with Gasteiger partial charge in [0.2, 0.25) is 0 Å². The standard InChI is InChI=1S/C10H11NO2/c1-2-10(8-13)11-5-3-4-9(6-11)7-12/h2-4,6-8H,5H2,1H3/b10-2-. The van der Waals surface area contributed by atoms with Gasteiger partial charge in [-0.2, -0.15) is 0 Å². The molecule has 0 aromatic rings. The van der Waals surface area contributed by atoms with Crippen molar-refractivity contribution in [3.8, 4) is 0 Å². The van der Waals surface area contributed by atoms with Crippen molar-refractivity contribution in [3.05, 3.63) is 35.7 Å². The first-order chi connectivity index (χ1) is 6.31. The van der Waals surface area contributed by atoms with Crippen LogP contribution in [0.5, 0.6) is 0 Å². The van der Waals surface area contributed by atoms with E-state index in [1.54, 1.807) is 30.2 Å². The van der Waals surface area contributed by atoms with Gasteiger partial charge in [0.1, 0.15) is 0 Å². The van der Waals surface area contributed by atoms with E-state index in [-0.39, 0.29) is 0 Å². The van der Waals surface area contributed by atoms with E-state index >= 15 is 0 Å². The van der Waals surface area contributed by atoms with Crippen LogP contribution >= 0.6 is 0 Å². The normalized spacial score (nSPS) is 16.8. The first-order valence-electron chi connectivity index (χ1n) is 4.03. The zero-order valence-electron chi connectivity index (χ0n) is 7.43. The quantitative estimate of drug-likeness (QED) is 0.477. The molecule has 0 aromatic heterocycles. The van der Waals surface area contributed by atoms with Crippen LogP contribution in [0.15, 0.2) is 35.7 Å². The van der Waals surface area contributed by atoms with E-state index in [0.717, 1.165) is 12.6 Å². The molecule has 0 aliphatic carbocycles. The summed E-state index contributed by atoms with van der Waals surface area (Å²) in [6, 6.07) is 0. The van der Waals surface area contributed by atoms with E-state index < -0.39 is 0 Å². The molecule has 68 valence electrons. The Labute approximate surface area is 77.0 Å². The largest absolute Gasteiger partial charge is 0.341 e. The van der Waals surface area contributed by atoms with Crippen molar-refractivity contribution < 1.29 is 9.59 Å². The number of hydrogen-bond donors (Lipinski definition) is 0. The summed E-state index contributed by atoms with van der Waals surface area (Å²) >= 11 is 0. The fraction of sp³-hybridized carbons (Fsp3) is 0.200. The Bertz CT molecular complexity index is 300. The summed E-state index contributed by atoms with van der Waals surface area (Å²) in [7, 11) is 0. The van der Waals surface area contributed by atoms with Gasteiger partial charge in [-0.05, 0) is 6.92 Å². The molecule has 0 unspecified atom stereocenters.